The van der Waals surface area contributed by atoms with Gasteiger partial charge in [-0.05, 0) is 18.8 Å². The maximum absolute atomic E-state index is 12.0. The molecule has 21 heavy (non-hydrogen) atoms. The monoisotopic (exact) mass is 289 g/mol. The molecule has 3 rings (SSSR count). The molecule has 2 heterocycles. The van der Waals surface area contributed by atoms with Crippen molar-refractivity contribution in [2.24, 2.45) is 11.7 Å². The predicted octanol–water partition coefficient (Wildman–Crippen LogP) is -0.357. The van der Waals surface area contributed by atoms with Crippen LogP contribution in [0, 0.1) is 5.92 Å². The molecule has 0 radical (unpaired) electrons. The van der Waals surface area contributed by atoms with Crippen LogP contribution in [0.1, 0.15) is 12.8 Å². The Balaban J connectivity index is 1.58. The van der Waals surface area contributed by atoms with Gasteiger partial charge in [-0.25, -0.2) is 15.0 Å². The molecule has 1 amide bonds. The zero-order chi connectivity index (χ0) is 14.8. The van der Waals surface area contributed by atoms with E-state index in [1.165, 1.54) is 19.2 Å². The molecule has 1 unspecified atom stereocenters. The third kappa shape index (κ3) is 3.10. The van der Waals surface area contributed by atoms with Crippen molar-refractivity contribution >= 4 is 22.9 Å². The minimum absolute atomic E-state index is 0.0672. The molecule has 1 aliphatic carbocycles. The summed E-state index contributed by atoms with van der Waals surface area (Å²) in [5.41, 5.74) is 7.28. The number of carbonyl (C=O) groups excluding carboxylic acids is 1. The van der Waals surface area contributed by atoms with Gasteiger partial charge in [0.05, 0.1) is 12.9 Å². The number of H-pyrrole nitrogens is 1. The van der Waals surface area contributed by atoms with Crippen LogP contribution < -0.4 is 16.0 Å². The first kappa shape index (κ1) is 13.7. The second kappa shape index (κ2) is 5.65. The van der Waals surface area contributed by atoms with Crippen LogP contribution in [0.15, 0.2) is 12.7 Å². The number of nitrogens with one attached hydrogen (secondary N) is 2. The number of aromatic amines is 1. The van der Waals surface area contributed by atoms with Gasteiger partial charge in [0.1, 0.15) is 11.8 Å². The van der Waals surface area contributed by atoms with Gasteiger partial charge in [-0.15, -0.1) is 0 Å². The lowest BCUT2D eigenvalue weighted by atomic mass is 10.2. The van der Waals surface area contributed by atoms with E-state index in [0.717, 1.165) is 5.52 Å². The lowest BCUT2D eigenvalue weighted by molar-refractivity contribution is -0.119. The van der Waals surface area contributed by atoms with Gasteiger partial charge in [0, 0.05) is 19.6 Å². The minimum atomic E-state index is -0.0696. The van der Waals surface area contributed by atoms with Crippen LogP contribution in [-0.4, -0.2) is 52.0 Å². The van der Waals surface area contributed by atoms with E-state index in [1.807, 2.05) is 7.05 Å². The fraction of sp³-hybridized carbons (Fsp3) is 0.538. The summed E-state index contributed by atoms with van der Waals surface area (Å²) in [5.74, 6) is 1.16. The topological polar surface area (TPSA) is 113 Å². The summed E-state index contributed by atoms with van der Waals surface area (Å²) in [6.45, 7) is 0.739. The van der Waals surface area contributed by atoms with Gasteiger partial charge < -0.3 is 20.9 Å². The highest BCUT2D eigenvalue weighted by atomic mass is 16.2. The number of carbonyl (C=O) groups is 1. The zero-order valence-corrected chi connectivity index (χ0v) is 11.9. The van der Waals surface area contributed by atoms with Crippen molar-refractivity contribution in [1.82, 2.24) is 25.3 Å². The molecule has 0 saturated heterocycles. The van der Waals surface area contributed by atoms with Crippen LogP contribution >= 0.6 is 0 Å². The molecule has 0 aromatic carbocycles. The summed E-state index contributed by atoms with van der Waals surface area (Å²) in [4.78, 5) is 29.1. The number of rotatable bonds is 6. The number of aromatic nitrogens is 4. The Morgan fingerprint density at radius 2 is 2.33 bits per heavy atom. The molecule has 0 aliphatic heterocycles. The number of fused-ring (bicyclic) bond motifs is 1. The number of hydrogen-bond donors (Lipinski definition) is 3. The van der Waals surface area contributed by atoms with Crippen molar-refractivity contribution in [1.29, 1.82) is 0 Å². The average molecular weight is 289 g/mol. The van der Waals surface area contributed by atoms with E-state index in [2.05, 4.69) is 25.3 Å². The lowest BCUT2D eigenvalue weighted by Gasteiger charge is -2.18. The largest absolute Gasteiger partial charge is 0.353 e. The Bertz CT molecular complexity index is 636. The Morgan fingerprint density at radius 3 is 3.10 bits per heavy atom. The fourth-order valence-corrected chi connectivity index (χ4v) is 2.31. The normalized spacial score (nSPS) is 15.9. The molecular weight excluding hydrogens is 270 g/mol. The van der Waals surface area contributed by atoms with Crippen molar-refractivity contribution in [2.75, 3.05) is 25.0 Å². The zero-order valence-electron chi connectivity index (χ0n) is 11.9. The molecule has 0 spiro atoms. The molecule has 4 N–H and O–H groups in total. The van der Waals surface area contributed by atoms with E-state index in [-0.39, 0.29) is 18.5 Å². The van der Waals surface area contributed by atoms with E-state index in [0.29, 0.717) is 23.9 Å². The van der Waals surface area contributed by atoms with Gasteiger partial charge in [0.2, 0.25) is 5.91 Å². The molecule has 1 aliphatic rings. The molecule has 8 nitrogen and oxygen atoms in total. The fourth-order valence-electron chi connectivity index (χ4n) is 2.31. The summed E-state index contributed by atoms with van der Waals surface area (Å²) >= 11 is 0. The molecule has 1 saturated carbocycles. The van der Waals surface area contributed by atoms with Crippen molar-refractivity contribution < 1.29 is 4.79 Å². The van der Waals surface area contributed by atoms with Crippen molar-refractivity contribution in [2.45, 2.75) is 18.9 Å². The van der Waals surface area contributed by atoms with Crippen LogP contribution in [0.5, 0.6) is 0 Å². The van der Waals surface area contributed by atoms with Gasteiger partial charge >= 0.3 is 0 Å². The minimum Gasteiger partial charge on any atom is -0.353 e. The number of anilines is 1. The summed E-state index contributed by atoms with van der Waals surface area (Å²) in [7, 11) is 1.81. The third-order valence-corrected chi connectivity index (χ3v) is 3.71. The average Bonchev–Trinajstić information content (AvgIpc) is 3.21. The summed E-state index contributed by atoms with van der Waals surface area (Å²) in [6, 6.07) is 0.0672. The molecule has 1 atom stereocenters. The summed E-state index contributed by atoms with van der Waals surface area (Å²) in [6.07, 6.45) is 5.35. The van der Waals surface area contributed by atoms with Crippen LogP contribution in [0.2, 0.25) is 0 Å². The van der Waals surface area contributed by atoms with Crippen LogP contribution in [0.3, 0.4) is 0 Å². The van der Waals surface area contributed by atoms with Gasteiger partial charge in [-0.3, -0.25) is 4.79 Å². The molecule has 1 fully saturated rings. The maximum atomic E-state index is 12.0. The number of imidazole rings is 1. The van der Waals surface area contributed by atoms with Crippen molar-refractivity contribution in [3.8, 4) is 0 Å². The lowest BCUT2D eigenvalue weighted by Crippen LogP contribution is -2.42. The van der Waals surface area contributed by atoms with Crippen LogP contribution in [-0.2, 0) is 4.79 Å². The second-order valence-electron chi connectivity index (χ2n) is 5.46. The van der Waals surface area contributed by atoms with Gasteiger partial charge in [-0.2, -0.15) is 0 Å². The number of hydrogen-bond acceptors (Lipinski definition) is 6. The Hall–Kier alpha value is -2.22. The van der Waals surface area contributed by atoms with E-state index < -0.39 is 0 Å². The number of nitrogens with zero attached hydrogens (tertiary/aromatic N) is 4. The Morgan fingerprint density at radius 1 is 1.52 bits per heavy atom. The molecule has 2 aromatic rings. The first-order valence-electron chi connectivity index (χ1n) is 7.02. The smallest absolute Gasteiger partial charge is 0.239 e. The van der Waals surface area contributed by atoms with Crippen LogP contribution in [0.4, 0.5) is 5.82 Å². The van der Waals surface area contributed by atoms with Gasteiger partial charge in [0.25, 0.3) is 0 Å². The Labute approximate surface area is 122 Å². The highest BCUT2D eigenvalue weighted by Crippen LogP contribution is 2.31. The van der Waals surface area contributed by atoms with Crippen LogP contribution in [0.25, 0.3) is 11.2 Å². The highest BCUT2D eigenvalue weighted by molar-refractivity contribution is 5.86. The molecule has 0 bridgehead atoms. The highest BCUT2D eigenvalue weighted by Gasteiger charge is 2.28. The summed E-state index contributed by atoms with van der Waals surface area (Å²) < 4.78 is 0. The molecular formula is C13H19N7O. The standard InChI is InChI=1S/C13H19N7O/c1-20(5-10(21)15-4-9(14)8-2-3-8)13-11-12(17-6-16-11)18-7-19-13/h6-9H,2-5,14H2,1H3,(H,15,21)(H,16,17,18,19). The van der Waals surface area contributed by atoms with E-state index in [1.54, 1.807) is 11.2 Å². The number of amides is 1. The van der Waals surface area contributed by atoms with Crippen molar-refractivity contribution in [3.63, 3.8) is 0 Å². The van der Waals surface area contributed by atoms with E-state index in [4.69, 9.17) is 5.73 Å². The van der Waals surface area contributed by atoms with Gasteiger partial charge in [-0.1, -0.05) is 0 Å². The molecule has 2 aromatic heterocycles. The first-order valence-corrected chi connectivity index (χ1v) is 7.02. The number of nitrogens with two attached hydrogens (primary N) is 1. The van der Waals surface area contributed by atoms with Gasteiger partial charge in [0.15, 0.2) is 11.5 Å². The Kier molecular flexibility index (Phi) is 3.70. The molecule has 8 heteroatoms. The second-order valence-corrected chi connectivity index (χ2v) is 5.46. The quantitative estimate of drug-likeness (QED) is 0.669. The third-order valence-electron chi connectivity index (χ3n) is 3.71. The summed E-state index contributed by atoms with van der Waals surface area (Å²) in [5, 5.41) is 2.87. The maximum Gasteiger partial charge on any atom is 0.239 e. The van der Waals surface area contributed by atoms with Crippen molar-refractivity contribution in [3.05, 3.63) is 12.7 Å². The van der Waals surface area contributed by atoms with E-state index >= 15 is 0 Å². The van der Waals surface area contributed by atoms with E-state index in [9.17, 15) is 4.79 Å². The molecule has 112 valence electrons. The first-order chi connectivity index (χ1) is 10.1. The predicted molar refractivity (Wildman–Crippen MR) is 78.7 cm³/mol. The number of likely N-dealkylation sites (N-methyl/N-ethyl adjacent to an activating group) is 1. The SMILES string of the molecule is CN(CC(=O)NCC(N)C1CC1)c1ncnc2nc[nH]c12.